The van der Waals surface area contributed by atoms with E-state index in [9.17, 15) is 0 Å². The Kier molecular flexibility index (Phi) is 4.49. The molecular weight excluding hydrogens is 358 g/mol. The maximum Gasteiger partial charge on any atom is 0.214 e. The summed E-state index contributed by atoms with van der Waals surface area (Å²) in [6.45, 7) is 0. The van der Waals surface area contributed by atoms with Crippen LogP contribution in [-0.4, -0.2) is 25.2 Å². The van der Waals surface area contributed by atoms with Crippen LogP contribution in [0.25, 0.3) is 17.0 Å². The summed E-state index contributed by atoms with van der Waals surface area (Å²) in [6.07, 6.45) is 1.73. The Morgan fingerprint density at radius 2 is 1.84 bits per heavy atom. The minimum atomic E-state index is 0.529. The quantitative estimate of drug-likeness (QED) is 0.489. The summed E-state index contributed by atoms with van der Waals surface area (Å²) in [5.74, 6) is 1.89. The summed E-state index contributed by atoms with van der Waals surface area (Å²) in [6, 6.07) is 17.2. The van der Waals surface area contributed by atoms with Gasteiger partial charge in [0.2, 0.25) is 11.0 Å². The Balaban J connectivity index is 1.49. The van der Waals surface area contributed by atoms with E-state index >= 15 is 0 Å². The van der Waals surface area contributed by atoms with E-state index in [0.29, 0.717) is 21.8 Å². The van der Waals surface area contributed by atoms with Crippen LogP contribution < -0.4 is 0 Å². The predicted octanol–water partition coefficient (Wildman–Crippen LogP) is 4.26. The van der Waals surface area contributed by atoms with Crippen molar-refractivity contribution < 1.29 is 4.42 Å². The zero-order chi connectivity index (χ0) is 17.1. The van der Waals surface area contributed by atoms with Crippen LogP contribution in [0.4, 0.5) is 0 Å². The van der Waals surface area contributed by atoms with Crippen LogP contribution in [0.3, 0.4) is 0 Å². The molecule has 0 amide bonds. The number of benzene rings is 2. The van der Waals surface area contributed by atoms with Gasteiger partial charge < -0.3 is 4.42 Å². The Bertz CT molecular complexity index is 968. The second-order valence-corrected chi connectivity index (χ2v) is 6.50. The number of oxazole rings is 1. The number of aromatic nitrogens is 5. The lowest BCUT2D eigenvalue weighted by Crippen LogP contribution is -1.98. The molecule has 124 valence electrons. The van der Waals surface area contributed by atoms with Gasteiger partial charge in [-0.05, 0) is 34.7 Å². The SMILES string of the molecule is Clc1ccc(-n2nnnc2SCc2ncc(-c3ccccc3)o2)cc1. The Hall–Kier alpha value is -2.64. The van der Waals surface area contributed by atoms with Crippen molar-refractivity contribution in [1.82, 2.24) is 25.2 Å². The van der Waals surface area contributed by atoms with Crippen LogP contribution >= 0.6 is 23.4 Å². The largest absolute Gasteiger partial charge is 0.440 e. The molecule has 0 aliphatic carbocycles. The lowest BCUT2D eigenvalue weighted by atomic mass is 10.2. The zero-order valence-electron chi connectivity index (χ0n) is 12.9. The second-order valence-electron chi connectivity index (χ2n) is 5.12. The van der Waals surface area contributed by atoms with Crippen molar-refractivity contribution >= 4 is 23.4 Å². The predicted molar refractivity (Wildman–Crippen MR) is 95.7 cm³/mol. The van der Waals surface area contributed by atoms with Gasteiger partial charge >= 0.3 is 0 Å². The van der Waals surface area contributed by atoms with Gasteiger partial charge in [-0.15, -0.1) is 5.10 Å². The van der Waals surface area contributed by atoms with Gasteiger partial charge in [0.25, 0.3) is 0 Å². The van der Waals surface area contributed by atoms with E-state index < -0.39 is 0 Å². The highest BCUT2D eigenvalue weighted by Gasteiger charge is 2.12. The van der Waals surface area contributed by atoms with Gasteiger partial charge in [0.05, 0.1) is 17.6 Å². The number of nitrogens with zero attached hydrogens (tertiary/aromatic N) is 5. The molecule has 2 aromatic carbocycles. The van der Waals surface area contributed by atoms with Crippen molar-refractivity contribution in [1.29, 1.82) is 0 Å². The molecule has 0 aliphatic rings. The first-order valence-electron chi connectivity index (χ1n) is 7.47. The van der Waals surface area contributed by atoms with Crippen LogP contribution in [0.1, 0.15) is 5.89 Å². The summed E-state index contributed by atoms with van der Waals surface area (Å²) in [7, 11) is 0. The van der Waals surface area contributed by atoms with Crippen LogP contribution in [0, 0.1) is 0 Å². The Morgan fingerprint density at radius 1 is 1.04 bits per heavy atom. The van der Waals surface area contributed by atoms with Crippen molar-refractivity contribution in [2.24, 2.45) is 0 Å². The number of thioether (sulfide) groups is 1. The molecular formula is C17H12ClN5OS. The van der Waals surface area contributed by atoms with Crippen molar-refractivity contribution in [3.8, 4) is 17.0 Å². The molecule has 6 nitrogen and oxygen atoms in total. The first-order chi connectivity index (χ1) is 12.3. The topological polar surface area (TPSA) is 69.6 Å². The molecule has 0 saturated heterocycles. The summed E-state index contributed by atoms with van der Waals surface area (Å²) in [5, 5.41) is 13.1. The van der Waals surface area contributed by atoms with E-state index in [4.69, 9.17) is 16.0 Å². The summed E-state index contributed by atoms with van der Waals surface area (Å²) in [4.78, 5) is 4.32. The summed E-state index contributed by atoms with van der Waals surface area (Å²) < 4.78 is 7.46. The third-order valence-corrected chi connectivity index (χ3v) is 4.60. The lowest BCUT2D eigenvalue weighted by Gasteiger charge is -2.03. The average molecular weight is 370 g/mol. The van der Waals surface area contributed by atoms with E-state index in [2.05, 4.69) is 20.5 Å². The van der Waals surface area contributed by atoms with Gasteiger partial charge in [-0.3, -0.25) is 0 Å². The number of tetrazole rings is 1. The molecule has 0 radical (unpaired) electrons. The maximum absolute atomic E-state index is 5.92. The molecule has 0 spiro atoms. The molecule has 4 aromatic rings. The van der Waals surface area contributed by atoms with Crippen molar-refractivity contribution in [2.75, 3.05) is 0 Å². The molecule has 0 atom stereocenters. The smallest absolute Gasteiger partial charge is 0.214 e. The lowest BCUT2D eigenvalue weighted by molar-refractivity contribution is 0.529. The molecule has 0 bridgehead atoms. The van der Waals surface area contributed by atoms with E-state index in [1.807, 2.05) is 42.5 Å². The van der Waals surface area contributed by atoms with Gasteiger partial charge in [0, 0.05) is 10.6 Å². The van der Waals surface area contributed by atoms with Crippen LogP contribution in [-0.2, 0) is 5.75 Å². The minimum Gasteiger partial charge on any atom is -0.440 e. The van der Waals surface area contributed by atoms with Gasteiger partial charge in [0.1, 0.15) is 0 Å². The van der Waals surface area contributed by atoms with Gasteiger partial charge in [-0.2, -0.15) is 4.68 Å². The fourth-order valence-corrected chi connectivity index (χ4v) is 3.12. The molecule has 0 fully saturated rings. The highest BCUT2D eigenvalue weighted by molar-refractivity contribution is 7.98. The monoisotopic (exact) mass is 369 g/mol. The Labute approximate surface area is 152 Å². The average Bonchev–Trinajstić information content (AvgIpc) is 3.31. The number of hydrogen-bond donors (Lipinski definition) is 0. The number of halogens is 1. The summed E-state index contributed by atoms with van der Waals surface area (Å²) >= 11 is 7.37. The maximum atomic E-state index is 5.92. The second kappa shape index (κ2) is 7.08. The molecule has 0 N–H and O–H groups in total. The van der Waals surface area contributed by atoms with Gasteiger partial charge in [0.15, 0.2) is 5.76 Å². The highest BCUT2D eigenvalue weighted by Crippen LogP contribution is 2.25. The molecule has 2 aromatic heterocycles. The molecule has 8 heteroatoms. The fraction of sp³-hybridized carbons (Fsp3) is 0.0588. The highest BCUT2D eigenvalue weighted by atomic mass is 35.5. The zero-order valence-corrected chi connectivity index (χ0v) is 14.5. The third kappa shape index (κ3) is 3.57. The molecule has 2 heterocycles. The Morgan fingerprint density at radius 3 is 2.64 bits per heavy atom. The van der Waals surface area contributed by atoms with E-state index in [1.54, 1.807) is 23.0 Å². The van der Waals surface area contributed by atoms with Crippen molar-refractivity contribution in [3.63, 3.8) is 0 Å². The molecule has 0 unspecified atom stereocenters. The van der Waals surface area contributed by atoms with Crippen LogP contribution in [0.2, 0.25) is 5.02 Å². The first-order valence-corrected chi connectivity index (χ1v) is 8.83. The van der Waals surface area contributed by atoms with Gasteiger partial charge in [-0.25, -0.2) is 4.98 Å². The molecule has 4 rings (SSSR count). The number of rotatable bonds is 5. The molecule has 0 aliphatic heterocycles. The summed E-state index contributed by atoms with van der Waals surface area (Å²) in [5.41, 5.74) is 1.84. The van der Waals surface area contributed by atoms with E-state index in [-0.39, 0.29) is 0 Å². The molecule has 25 heavy (non-hydrogen) atoms. The third-order valence-electron chi connectivity index (χ3n) is 3.45. The fourth-order valence-electron chi connectivity index (χ4n) is 2.25. The number of hydrogen-bond acceptors (Lipinski definition) is 6. The minimum absolute atomic E-state index is 0.529. The first kappa shape index (κ1) is 15.9. The normalized spacial score (nSPS) is 10.9. The van der Waals surface area contributed by atoms with E-state index in [0.717, 1.165) is 17.0 Å². The van der Waals surface area contributed by atoms with Crippen molar-refractivity contribution in [2.45, 2.75) is 10.9 Å². The van der Waals surface area contributed by atoms with Crippen molar-refractivity contribution in [3.05, 3.63) is 71.7 Å². The van der Waals surface area contributed by atoms with Crippen LogP contribution in [0.15, 0.2) is 70.4 Å². The van der Waals surface area contributed by atoms with Gasteiger partial charge in [-0.1, -0.05) is 53.7 Å². The van der Waals surface area contributed by atoms with E-state index in [1.165, 1.54) is 11.8 Å². The van der Waals surface area contributed by atoms with Crippen LogP contribution in [0.5, 0.6) is 0 Å². The molecule has 0 saturated carbocycles. The standard InChI is InChI=1S/C17H12ClN5OS/c18-13-6-8-14(9-7-13)23-17(20-21-22-23)25-11-16-19-10-15(24-16)12-4-2-1-3-5-12/h1-10H,11H2.